The molecule has 150 valence electrons. The lowest BCUT2D eigenvalue weighted by Crippen LogP contribution is -2.43. The molecule has 1 saturated carbocycles. The van der Waals surface area contributed by atoms with Gasteiger partial charge in [-0.2, -0.15) is 5.10 Å². The normalized spacial score (nSPS) is 17.6. The fourth-order valence-corrected chi connectivity index (χ4v) is 3.87. The number of Topliss-reactive ketones (excluding diaryl/α,β-unsaturated/α-hetero) is 1. The van der Waals surface area contributed by atoms with Crippen LogP contribution in [0.3, 0.4) is 0 Å². The molecule has 1 aromatic carbocycles. The van der Waals surface area contributed by atoms with E-state index in [9.17, 15) is 14.4 Å². The maximum absolute atomic E-state index is 13.2. The van der Waals surface area contributed by atoms with E-state index >= 15 is 0 Å². The summed E-state index contributed by atoms with van der Waals surface area (Å²) in [6, 6.07) is 7.26. The van der Waals surface area contributed by atoms with Crippen molar-refractivity contribution in [1.82, 2.24) is 5.01 Å². The zero-order valence-corrected chi connectivity index (χ0v) is 16.5. The van der Waals surface area contributed by atoms with Crippen molar-refractivity contribution in [3.8, 4) is 0 Å². The van der Waals surface area contributed by atoms with Crippen molar-refractivity contribution in [3.63, 3.8) is 0 Å². The molecule has 2 amide bonds. The third kappa shape index (κ3) is 4.58. The highest BCUT2D eigenvalue weighted by atomic mass is 16.5. The van der Waals surface area contributed by atoms with Gasteiger partial charge in [0, 0.05) is 18.4 Å². The third-order valence-electron chi connectivity index (χ3n) is 5.13. The number of anilines is 1. The molecule has 1 fully saturated rings. The van der Waals surface area contributed by atoms with Gasteiger partial charge in [0.2, 0.25) is 0 Å². The summed E-state index contributed by atoms with van der Waals surface area (Å²) in [5, 5.41) is 6.08. The van der Waals surface area contributed by atoms with Gasteiger partial charge in [-0.25, -0.2) is 9.80 Å². The number of nitrogens with zero attached hydrogens (tertiary/aromatic N) is 3. The fourth-order valence-electron chi connectivity index (χ4n) is 3.87. The summed E-state index contributed by atoms with van der Waals surface area (Å²) in [5.74, 6) is -0.233. The molecule has 28 heavy (non-hydrogen) atoms. The zero-order valence-electron chi connectivity index (χ0n) is 16.5. The quantitative estimate of drug-likeness (QED) is 0.703. The Morgan fingerprint density at radius 1 is 1.14 bits per heavy atom. The number of benzene rings is 1. The van der Waals surface area contributed by atoms with Gasteiger partial charge in [0.05, 0.1) is 24.5 Å². The lowest BCUT2D eigenvalue weighted by Gasteiger charge is -2.25. The van der Waals surface area contributed by atoms with E-state index in [0.29, 0.717) is 5.69 Å². The maximum Gasteiger partial charge on any atom is 0.345 e. The Balaban J connectivity index is 2.01. The van der Waals surface area contributed by atoms with Crippen LogP contribution in [0.1, 0.15) is 51.5 Å². The summed E-state index contributed by atoms with van der Waals surface area (Å²) in [5.41, 5.74) is 2.50. The summed E-state index contributed by atoms with van der Waals surface area (Å²) in [4.78, 5) is 37.6. The molecule has 0 aromatic heterocycles. The van der Waals surface area contributed by atoms with Crippen molar-refractivity contribution in [3.05, 3.63) is 29.8 Å². The first-order valence-corrected chi connectivity index (χ1v) is 9.87. The second-order valence-electron chi connectivity index (χ2n) is 7.37. The van der Waals surface area contributed by atoms with Gasteiger partial charge in [-0.3, -0.25) is 14.5 Å². The van der Waals surface area contributed by atoms with Crippen molar-refractivity contribution < 1.29 is 19.1 Å². The number of urea groups is 1. The maximum atomic E-state index is 13.2. The standard InChI is InChI=1S/C21H27N3O4/c1-15(25)14-23-19-11-7-6-10-18(19)20(17-8-4-3-5-9-17)22-24(21(23)27)12-13-28-16(2)26/h6-7,10-11,17H,3-5,8-9,12-14H2,1-2H3. The highest BCUT2D eigenvalue weighted by Crippen LogP contribution is 2.34. The molecule has 1 aliphatic carbocycles. The number of carbonyl (C=O) groups excluding carboxylic acids is 3. The van der Waals surface area contributed by atoms with Crippen molar-refractivity contribution in [1.29, 1.82) is 0 Å². The number of carbonyl (C=O) groups is 3. The van der Waals surface area contributed by atoms with Crippen molar-refractivity contribution in [2.24, 2.45) is 11.0 Å². The van der Waals surface area contributed by atoms with Crippen LogP contribution in [-0.2, 0) is 14.3 Å². The molecule has 7 nitrogen and oxygen atoms in total. The van der Waals surface area contributed by atoms with Gasteiger partial charge >= 0.3 is 12.0 Å². The number of hydrazone groups is 1. The Morgan fingerprint density at radius 2 is 1.86 bits per heavy atom. The highest BCUT2D eigenvalue weighted by molar-refractivity contribution is 6.12. The molecule has 0 bridgehead atoms. The van der Waals surface area contributed by atoms with Crippen LogP contribution >= 0.6 is 0 Å². The van der Waals surface area contributed by atoms with E-state index in [4.69, 9.17) is 9.84 Å². The van der Waals surface area contributed by atoms with Crippen LogP contribution in [0.5, 0.6) is 0 Å². The summed E-state index contributed by atoms with van der Waals surface area (Å²) in [6.07, 6.45) is 5.57. The minimum atomic E-state index is -0.400. The molecule has 0 unspecified atom stereocenters. The molecule has 1 heterocycles. The van der Waals surface area contributed by atoms with E-state index < -0.39 is 5.97 Å². The number of ketones is 1. The number of amides is 2. The molecule has 0 N–H and O–H groups in total. The largest absolute Gasteiger partial charge is 0.464 e. The van der Waals surface area contributed by atoms with Crippen LogP contribution in [0.2, 0.25) is 0 Å². The molecule has 7 heteroatoms. The number of ether oxygens (including phenoxy) is 1. The van der Waals surface area contributed by atoms with Gasteiger partial charge in [-0.1, -0.05) is 37.5 Å². The first kappa shape index (κ1) is 20.0. The molecule has 1 aliphatic heterocycles. The monoisotopic (exact) mass is 385 g/mol. The van der Waals surface area contributed by atoms with Gasteiger partial charge in [-0.05, 0) is 25.8 Å². The predicted molar refractivity (Wildman–Crippen MR) is 106 cm³/mol. The molecule has 2 aliphatic rings. The van der Waals surface area contributed by atoms with Crippen LogP contribution in [0.25, 0.3) is 0 Å². The van der Waals surface area contributed by atoms with E-state index in [-0.39, 0.29) is 37.4 Å². The first-order chi connectivity index (χ1) is 13.5. The Labute approximate surface area is 165 Å². The van der Waals surface area contributed by atoms with E-state index in [1.165, 1.54) is 30.2 Å². The van der Waals surface area contributed by atoms with Crippen LogP contribution in [0, 0.1) is 5.92 Å². The van der Waals surface area contributed by atoms with Gasteiger partial charge in [-0.15, -0.1) is 0 Å². The average molecular weight is 385 g/mol. The van der Waals surface area contributed by atoms with Crippen molar-refractivity contribution in [2.45, 2.75) is 46.0 Å². The second kappa shape index (κ2) is 8.99. The zero-order chi connectivity index (χ0) is 20.1. The number of rotatable bonds is 6. The number of hydrogen-bond donors (Lipinski definition) is 0. The van der Waals surface area contributed by atoms with E-state index in [1.54, 1.807) is 0 Å². The molecule has 1 aromatic rings. The lowest BCUT2D eigenvalue weighted by atomic mass is 9.83. The van der Waals surface area contributed by atoms with E-state index in [1.807, 2.05) is 24.3 Å². The molecular weight excluding hydrogens is 358 g/mol. The Bertz CT molecular complexity index is 784. The van der Waals surface area contributed by atoms with Crippen LogP contribution in [-0.4, -0.2) is 48.2 Å². The molecule has 0 spiro atoms. The fraction of sp³-hybridized carbons (Fsp3) is 0.524. The second-order valence-corrected chi connectivity index (χ2v) is 7.37. The Morgan fingerprint density at radius 3 is 2.54 bits per heavy atom. The van der Waals surface area contributed by atoms with E-state index in [0.717, 1.165) is 37.0 Å². The topological polar surface area (TPSA) is 79.3 Å². The predicted octanol–water partition coefficient (Wildman–Crippen LogP) is 3.37. The number of esters is 1. The Kier molecular flexibility index (Phi) is 6.44. The van der Waals surface area contributed by atoms with Crippen LogP contribution < -0.4 is 4.90 Å². The van der Waals surface area contributed by atoms with E-state index in [2.05, 4.69) is 0 Å². The summed E-state index contributed by atoms with van der Waals surface area (Å²) in [7, 11) is 0. The van der Waals surface area contributed by atoms with Crippen LogP contribution in [0.15, 0.2) is 29.4 Å². The molecule has 0 saturated heterocycles. The smallest absolute Gasteiger partial charge is 0.345 e. The lowest BCUT2D eigenvalue weighted by molar-refractivity contribution is -0.141. The SMILES string of the molecule is CC(=O)CN1C(=O)N(CCOC(C)=O)N=C(C2CCCCC2)c2ccccc21. The van der Waals surface area contributed by atoms with Crippen molar-refractivity contribution in [2.75, 3.05) is 24.6 Å². The molecule has 0 radical (unpaired) electrons. The average Bonchev–Trinajstić information content (AvgIpc) is 2.79. The molecule has 3 rings (SSSR count). The van der Waals surface area contributed by atoms with Gasteiger partial charge < -0.3 is 4.74 Å². The molecular formula is C21H27N3O4. The van der Waals surface area contributed by atoms with Crippen LogP contribution in [0.4, 0.5) is 10.5 Å². The Hall–Kier alpha value is -2.70. The summed E-state index contributed by atoms with van der Waals surface area (Å²) >= 11 is 0. The minimum absolute atomic E-state index is 0.0205. The number of hydrogen-bond acceptors (Lipinski definition) is 5. The van der Waals surface area contributed by atoms with Gasteiger partial charge in [0.15, 0.2) is 0 Å². The number of para-hydroxylation sites is 1. The minimum Gasteiger partial charge on any atom is -0.464 e. The summed E-state index contributed by atoms with van der Waals surface area (Å²) in [6.45, 7) is 2.99. The third-order valence-corrected chi connectivity index (χ3v) is 5.13. The van der Waals surface area contributed by atoms with Crippen molar-refractivity contribution >= 4 is 29.2 Å². The first-order valence-electron chi connectivity index (χ1n) is 9.87. The van der Waals surface area contributed by atoms with Gasteiger partial charge in [0.25, 0.3) is 0 Å². The highest BCUT2D eigenvalue weighted by Gasteiger charge is 2.33. The molecule has 0 atom stereocenters. The van der Waals surface area contributed by atoms with Gasteiger partial charge in [0.1, 0.15) is 12.4 Å². The number of fused-ring (bicyclic) bond motifs is 1. The summed E-state index contributed by atoms with van der Waals surface area (Å²) < 4.78 is 5.02.